The minimum atomic E-state index is -1.67. The lowest BCUT2D eigenvalue weighted by Gasteiger charge is -2.44. The van der Waals surface area contributed by atoms with Gasteiger partial charge in [-0.2, -0.15) is 0 Å². The Hall–Kier alpha value is -4.44. The number of carbonyl (C=O) groups is 4. The Morgan fingerprint density at radius 3 is 2.23 bits per heavy atom. The quantitative estimate of drug-likeness (QED) is 0.192. The van der Waals surface area contributed by atoms with Crippen LogP contribution in [0.3, 0.4) is 0 Å². The molecule has 0 N–H and O–H groups in total. The highest BCUT2D eigenvalue weighted by Gasteiger charge is 2.52. The van der Waals surface area contributed by atoms with Crippen LogP contribution >= 0.6 is 11.8 Å². The van der Waals surface area contributed by atoms with Crippen molar-refractivity contribution in [1.29, 1.82) is 0 Å². The molecule has 0 radical (unpaired) electrons. The van der Waals surface area contributed by atoms with Gasteiger partial charge in [-0.15, -0.1) is 5.10 Å². The van der Waals surface area contributed by atoms with Crippen LogP contribution in [0.2, 0.25) is 0 Å². The molecule has 0 aliphatic carbocycles. The Morgan fingerprint density at radius 2 is 1.61 bits per heavy atom. The van der Waals surface area contributed by atoms with Crippen molar-refractivity contribution in [3.05, 3.63) is 65.6 Å². The number of hydrogen-bond donors (Lipinski definition) is 0. The molecule has 3 aromatic rings. The van der Waals surface area contributed by atoms with Gasteiger partial charge < -0.3 is 23.7 Å². The fourth-order valence-corrected chi connectivity index (χ4v) is 5.65. The first-order valence-corrected chi connectivity index (χ1v) is 13.8. The van der Waals surface area contributed by atoms with Crippen LogP contribution in [0.4, 0.5) is 13.2 Å². The van der Waals surface area contributed by atoms with E-state index in [1.807, 2.05) is 0 Å². The third-order valence-corrected chi connectivity index (χ3v) is 7.41. The van der Waals surface area contributed by atoms with Gasteiger partial charge in [-0.25, -0.2) is 22.6 Å². The maximum Gasteiger partial charge on any atom is 0.337 e. The van der Waals surface area contributed by atoms with Crippen LogP contribution in [-0.2, 0) is 38.1 Å². The number of rotatable bonds is 9. The Balaban J connectivity index is 1.82. The summed E-state index contributed by atoms with van der Waals surface area (Å²) in [7, 11) is 1.23. The van der Waals surface area contributed by atoms with Crippen molar-refractivity contribution in [3.8, 4) is 11.3 Å². The van der Waals surface area contributed by atoms with Gasteiger partial charge in [-0.1, -0.05) is 23.0 Å². The molecule has 12 nitrogen and oxygen atoms in total. The van der Waals surface area contributed by atoms with Crippen LogP contribution < -0.4 is 0 Å². The van der Waals surface area contributed by atoms with E-state index in [9.17, 15) is 32.3 Å². The van der Waals surface area contributed by atoms with Crippen LogP contribution in [0.5, 0.6) is 0 Å². The molecule has 1 aliphatic heterocycles. The zero-order valence-corrected chi connectivity index (χ0v) is 24.5. The topological polar surface area (TPSA) is 145 Å². The highest BCUT2D eigenvalue weighted by molar-refractivity contribution is 7.99. The Kier molecular flexibility index (Phi) is 10.3. The van der Waals surface area contributed by atoms with Gasteiger partial charge in [-0.05, 0) is 30.3 Å². The normalized spacial score (nSPS) is 21.3. The molecule has 1 aliphatic rings. The van der Waals surface area contributed by atoms with Crippen molar-refractivity contribution in [3.63, 3.8) is 0 Å². The minimum Gasteiger partial charge on any atom is -0.465 e. The highest BCUT2D eigenvalue weighted by atomic mass is 32.2. The van der Waals surface area contributed by atoms with E-state index in [4.69, 9.17) is 23.7 Å². The van der Waals surface area contributed by atoms with E-state index in [1.54, 1.807) is 12.1 Å². The molecule has 44 heavy (non-hydrogen) atoms. The third kappa shape index (κ3) is 7.55. The second-order valence-electron chi connectivity index (χ2n) is 9.46. The van der Waals surface area contributed by atoms with E-state index in [2.05, 4.69) is 10.3 Å². The van der Waals surface area contributed by atoms with Crippen molar-refractivity contribution in [2.24, 2.45) is 0 Å². The van der Waals surface area contributed by atoms with Crippen LogP contribution in [0.15, 0.2) is 47.5 Å². The van der Waals surface area contributed by atoms with Crippen molar-refractivity contribution >= 4 is 35.6 Å². The lowest BCUT2D eigenvalue weighted by Crippen LogP contribution is -2.57. The third-order valence-electron chi connectivity index (χ3n) is 6.27. The molecule has 0 amide bonds. The number of thioether (sulfide) groups is 1. The molecule has 2 heterocycles. The van der Waals surface area contributed by atoms with Gasteiger partial charge in [0.05, 0.1) is 18.9 Å². The Labute approximate surface area is 252 Å². The first-order valence-electron chi connectivity index (χ1n) is 12.9. The molecular formula is C28H26F3N3O9S. The molecule has 2 aromatic carbocycles. The summed E-state index contributed by atoms with van der Waals surface area (Å²) in [6.07, 6.45) is -2.48. The van der Waals surface area contributed by atoms with Gasteiger partial charge >= 0.3 is 23.9 Å². The maximum atomic E-state index is 14.0. The van der Waals surface area contributed by atoms with Gasteiger partial charge in [-0.3, -0.25) is 14.4 Å². The van der Waals surface area contributed by atoms with Crippen LogP contribution in [0.25, 0.3) is 11.3 Å². The van der Waals surface area contributed by atoms with E-state index in [1.165, 1.54) is 25.4 Å². The van der Waals surface area contributed by atoms with Gasteiger partial charge in [0.15, 0.2) is 29.7 Å². The lowest BCUT2D eigenvalue weighted by atomic mass is 9.96. The summed E-state index contributed by atoms with van der Waals surface area (Å²) < 4.78 is 70.1. The summed E-state index contributed by atoms with van der Waals surface area (Å²) in [6.45, 7) is 3.03. The zero-order valence-electron chi connectivity index (χ0n) is 23.7. The van der Waals surface area contributed by atoms with Crippen molar-refractivity contribution < 1.29 is 56.0 Å². The van der Waals surface area contributed by atoms with Gasteiger partial charge in [0.2, 0.25) is 0 Å². The van der Waals surface area contributed by atoms with Crippen LogP contribution in [0, 0.1) is 17.5 Å². The number of esters is 4. The van der Waals surface area contributed by atoms with Crippen LogP contribution in [0.1, 0.15) is 37.2 Å². The lowest BCUT2D eigenvalue weighted by molar-refractivity contribution is -0.212. The monoisotopic (exact) mass is 637 g/mol. The number of halogens is 3. The maximum absolute atomic E-state index is 14.0. The van der Waals surface area contributed by atoms with Gasteiger partial charge in [0.25, 0.3) is 0 Å². The van der Waals surface area contributed by atoms with Crippen molar-refractivity contribution in [2.45, 2.75) is 55.5 Å². The molecule has 1 saturated heterocycles. The Morgan fingerprint density at radius 1 is 0.955 bits per heavy atom. The molecule has 0 bridgehead atoms. The number of ether oxygens (including phenoxy) is 5. The number of nitrogens with zero attached hydrogens (tertiary/aromatic N) is 3. The largest absolute Gasteiger partial charge is 0.465 e. The Bertz CT molecular complexity index is 1550. The predicted molar refractivity (Wildman–Crippen MR) is 144 cm³/mol. The van der Waals surface area contributed by atoms with Gasteiger partial charge in [0, 0.05) is 31.2 Å². The fourth-order valence-electron chi connectivity index (χ4n) is 4.49. The number of aromatic nitrogens is 3. The number of hydrogen-bond acceptors (Lipinski definition) is 12. The first-order chi connectivity index (χ1) is 20.9. The molecule has 234 valence electrons. The average Bonchev–Trinajstić information content (AvgIpc) is 3.45. The SMILES string of the molecule is COC(=O)c1cccc(S[C@H]2OC(COC(C)=O)[C@H](OC(C)=O)C(n3cc(-c4cc(F)c(F)c(F)c4)nn3)[C@@H]2OC(C)=O)c1. The molecule has 0 saturated carbocycles. The summed E-state index contributed by atoms with van der Waals surface area (Å²) in [5.74, 6) is -7.35. The molecule has 1 aromatic heterocycles. The summed E-state index contributed by atoms with van der Waals surface area (Å²) >= 11 is 1.03. The van der Waals surface area contributed by atoms with Crippen LogP contribution in [-0.4, -0.2) is 76.3 Å². The van der Waals surface area contributed by atoms with E-state index in [-0.39, 0.29) is 16.8 Å². The molecule has 4 rings (SSSR count). The fraction of sp³-hybridized carbons (Fsp3) is 0.357. The number of benzene rings is 2. The molecule has 0 spiro atoms. The van der Waals surface area contributed by atoms with Crippen molar-refractivity contribution in [1.82, 2.24) is 15.0 Å². The summed E-state index contributed by atoms with van der Waals surface area (Å²) in [5, 5.41) is 7.99. The smallest absolute Gasteiger partial charge is 0.337 e. The molecule has 1 fully saturated rings. The highest BCUT2D eigenvalue weighted by Crippen LogP contribution is 2.41. The zero-order chi connectivity index (χ0) is 32.1. The number of methoxy groups -OCH3 is 1. The minimum absolute atomic E-state index is 0.0936. The summed E-state index contributed by atoms with van der Waals surface area (Å²) in [5.41, 5.74) is -1.11. The van der Waals surface area contributed by atoms with Gasteiger partial charge in [0.1, 0.15) is 29.9 Å². The van der Waals surface area contributed by atoms with E-state index in [0.29, 0.717) is 4.90 Å². The van der Waals surface area contributed by atoms with E-state index >= 15 is 0 Å². The average molecular weight is 638 g/mol. The summed E-state index contributed by atoms with van der Waals surface area (Å²) in [6, 6.07) is 6.55. The molecule has 5 atom stereocenters. The predicted octanol–water partition coefficient (Wildman–Crippen LogP) is 3.63. The van der Waals surface area contributed by atoms with E-state index in [0.717, 1.165) is 49.3 Å². The first kappa shape index (κ1) is 32.5. The standard InChI is InChI=1S/C28H26F3N3O9S/c1-13(35)40-12-22-25(41-14(2)36)24(34-11-21(32-33-34)17-9-19(29)23(31)20(30)10-17)26(42-15(3)37)28(43-22)44-18-7-5-6-16(8-18)27(38)39-4/h5-11,22,24-26,28H,12H2,1-4H3/t22?,24?,25-,26-,28+/m0/s1. The van der Waals surface area contributed by atoms with E-state index < -0.39 is 77.7 Å². The summed E-state index contributed by atoms with van der Waals surface area (Å²) in [4.78, 5) is 48.9. The molecule has 2 unspecified atom stereocenters. The number of carbonyl (C=O) groups excluding carboxylic acids is 4. The second kappa shape index (κ2) is 13.9. The molecule has 16 heteroatoms. The second-order valence-corrected chi connectivity index (χ2v) is 10.6. The van der Waals surface area contributed by atoms with Crippen molar-refractivity contribution in [2.75, 3.05) is 13.7 Å². The molecular weight excluding hydrogens is 611 g/mol.